The van der Waals surface area contributed by atoms with Gasteiger partial charge in [0.2, 0.25) is 0 Å². The third-order valence-corrected chi connectivity index (χ3v) is 1.11. The van der Waals surface area contributed by atoms with E-state index in [4.69, 9.17) is 10.4 Å². The maximum Gasteiger partial charge on any atom is 0.0684 e. The lowest BCUT2D eigenvalue weighted by Gasteiger charge is -2.15. The molecule has 0 aliphatic rings. The minimum atomic E-state index is -0.381. The van der Waals surface area contributed by atoms with E-state index >= 15 is 0 Å². The Labute approximate surface area is 56.1 Å². The summed E-state index contributed by atoms with van der Waals surface area (Å²) in [6.07, 6.45) is 0.170. The van der Waals surface area contributed by atoms with Crippen LogP contribution in [0.4, 0.5) is 0 Å². The lowest BCUT2D eigenvalue weighted by atomic mass is 9.89. The zero-order valence-corrected chi connectivity index (χ0v) is 6.18. The number of aliphatic hydroxyl groups excluding tert-OH is 1. The van der Waals surface area contributed by atoms with Crippen molar-refractivity contribution in [3.63, 3.8) is 0 Å². The van der Waals surface area contributed by atoms with E-state index in [0.29, 0.717) is 6.42 Å². The Hall–Kier alpha value is -0.550. The van der Waals surface area contributed by atoms with Crippen molar-refractivity contribution < 1.29 is 5.11 Å². The second kappa shape index (κ2) is 2.84. The van der Waals surface area contributed by atoms with Crippen molar-refractivity contribution in [3.05, 3.63) is 0 Å². The molecule has 9 heavy (non-hydrogen) atoms. The van der Waals surface area contributed by atoms with Crippen molar-refractivity contribution in [2.45, 2.75) is 33.3 Å². The average molecular weight is 127 g/mol. The molecule has 1 atom stereocenters. The van der Waals surface area contributed by atoms with E-state index in [9.17, 15) is 0 Å². The first-order valence-electron chi connectivity index (χ1n) is 3.07. The number of nitrogens with zero attached hydrogens (tertiary/aromatic N) is 1. The summed E-state index contributed by atoms with van der Waals surface area (Å²) in [5, 5.41) is 17.3. The number of rotatable bonds is 2. The van der Waals surface area contributed by atoms with Gasteiger partial charge in [0.1, 0.15) is 0 Å². The molecule has 2 nitrogen and oxygen atoms in total. The van der Waals surface area contributed by atoms with Crippen molar-refractivity contribution >= 4 is 0 Å². The highest BCUT2D eigenvalue weighted by Gasteiger charge is 2.18. The summed E-state index contributed by atoms with van der Waals surface area (Å²) in [6.45, 7) is 5.33. The molecule has 0 aromatic heterocycles. The third kappa shape index (κ3) is 3.99. The van der Waals surface area contributed by atoms with Gasteiger partial charge in [-0.2, -0.15) is 5.26 Å². The molecule has 0 bridgehead atoms. The molecule has 0 radical (unpaired) electrons. The highest BCUT2D eigenvalue weighted by molar-refractivity contribution is 4.92. The number of hydrogen-bond donors (Lipinski definition) is 1. The van der Waals surface area contributed by atoms with E-state index in [2.05, 4.69) is 6.07 Å². The fourth-order valence-electron chi connectivity index (χ4n) is 0.784. The quantitative estimate of drug-likeness (QED) is 0.607. The highest BCUT2D eigenvalue weighted by Crippen LogP contribution is 2.20. The van der Waals surface area contributed by atoms with Crippen LogP contribution in [0.1, 0.15) is 27.2 Å². The Morgan fingerprint density at radius 2 is 2.11 bits per heavy atom. The zero-order valence-electron chi connectivity index (χ0n) is 6.18. The van der Waals surface area contributed by atoms with E-state index in [1.807, 2.05) is 13.8 Å². The first-order chi connectivity index (χ1) is 3.98. The van der Waals surface area contributed by atoms with Crippen molar-refractivity contribution in [1.82, 2.24) is 0 Å². The molecule has 52 valence electrons. The molecule has 0 saturated heterocycles. The lowest BCUT2D eigenvalue weighted by Crippen LogP contribution is -2.15. The fraction of sp³-hybridized carbons (Fsp3) is 0.857. The normalized spacial score (nSPS) is 14.6. The van der Waals surface area contributed by atoms with Crippen LogP contribution in [0.3, 0.4) is 0 Å². The summed E-state index contributed by atoms with van der Waals surface area (Å²) in [4.78, 5) is 0. The van der Waals surface area contributed by atoms with Gasteiger partial charge in [0.25, 0.3) is 0 Å². The van der Waals surface area contributed by atoms with Crippen LogP contribution in [0, 0.1) is 16.7 Å². The number of hydrogen-bond acceptors (Lipinski definition) is 2. The maximum atomic E-state index is 8.87. The SMILES string of the molecule is CC(O)CC(C)(C)C#N. The average Bonchev–Trinajstić information content (AvgIpc) is 1.63. The van der Waals surface area contributed by atoms with Gasteiger partial charge in [0.05, 0.1) is 17.6 Å². The summed E-state index contributed by atoms with van der Waals surface area (Å²) in [7, 11) is 0. The van der Waals surface area contributed by atoms with Crippen LogP contribution in [0.15, 0.2) is 0 Å². The van der Waals surface area contributed by atoms with E-state index in [-0.39, 0.29) is 11.5 Å². The van der Waals surface area contributed by atoms with Gasteiger partial charge in [-0.05, 0) is 27.2 Å². The topological polar surface area (TPSA) is 44.0 Å². The van der Waals surface area contributed by atoms with Crippen LogP contribution in [0.5, 0.6) is 0 Å². The highest BCUT2D eigenvalue weighted by atomic mass is 16.3. The standard InChI is InChI=1S/C7H13NO/c1-6(9)4-7(2,3)5-8/h6,9H,4H2,1-3H3. The van der Waals surface area contributed by atoms with Crippen LogP contribution in [0.2, 0.25) is 0 Å². The minimum absolute atomic E-state index is 0.375. The Morgan fingerprint density at radius 1 is 1.67 bits per heavy atom. The molecule has 0 saturated carbocycles. The molecule has 0 rings (SSSR count). The molecule has 0 aromatic carbocycles. The summed E-state index contributed by atoms with van der Waals surface area (Å²) >= 11 is 0. The lowest BCUT2D eigenvalue weighted by molar-refractivity contribution is 0.151. The first-order valence-corrected chi connectivity index (χ1v) is 3.07. The molecule has 0 heterocycles. The van der Waals surface area contributed by atoms with Crippen LogP contribution in [0.25, 0.3) is 0 Å². The molecule has 1 N–H and O–H groups in total. The Bertz CT molecular complexity index is 121. The van der Waals surface area contributed by atoms with E-state index < -0.39 is 0 Å². The predicted octanol–water partition coefficient (Wildman–Crippen LogP) is 1.31. The summed E-state index contributed by atoms with van der Waals surface area (Å²) in [6, 6.07) is 2.11. The second-order valence-corrected chi connectivity index (χ2v) is 3.05. The van der Waals surface area contributed by atoms with Crippen LogP contribution in [-0.2, 0) is 0 Å². The molecule has 0 aromatic rings. The van der Waals surface area contributed by atoms with E-state index in [1.165, 1.54) is 0 Å². The van der Waals surface area contributed by atoms with Crippen LogP contribution < -0.4 is 0 Å². The smallest absolute Gasteiger partial charge is 0.0684 e. The van der Waals surface area contributed by atoms with Gasteiger partial charge in [-0.1, -0.05) is 0 Å². The molecule has 0 amide bonds. The first kappa shape index (κ1) is 8.45. The van der Waals surface area contributed by atoms with Crippen molar-refractivity contribution in [2.24, 2.45) is 5.41 Å². The molecular formula is C7H13NO. The molecule has 0 spiro atoms. The molecule has 0 aliphatic carbocycles. The summed E-state index contributed by atoms with van der Waals surface area (Å²) in [5.41, 5.74) is -0.381. The van der Waals surface area contributed by atoms with Gasteiger partial charge < -0.3 is 5.11 Å². The van der Waals surface area contributed by atoms with Gasteiger partial charge in [0, 0.05) is 0 Å². The Morgan fingerprint density at radius 3 is 2.22 bits per heavy atom. The molecule has 1 unspecified atom stereocenters. The van der Waals surface area contributed by atoms with Crippen LogP contribution >= 0.6 is 0 Å². The number of nitriles is 1. The van der Waals surface area contributed by atoms with Gasteiger partial charge in [0.15, 0.2) is 0 Å². The molecule has 0 aliphatic heterocycles. The minimum Gasteiger partial charge on any atom is -0.393 e. The van der Waals surface area contributed by atoms with Crippen molar-refractivity contribution in [2.75, 3.05) is 0 Å². The maximum absolute atomic E-state index is 8.87. The Kier molecular flexibility index (Phi) is 2.66. The molecular weight excluding hydrogens is 114 g/mol. The summed E-state index contributed by atoms with van der Waals surface area (Å²) in [5.74, 6) is 0. The van der Waals surface area contributed by atoms with Gasteiger partial charge >= 0.3 is 0 Å². The van der Waals surface area contributed by atoms with Crippen molar-refractivity contribution in [3.8, 4) is 6.07 Å². The zero-order chi connectivity index (χ0) is 7.49. The Balaban J connectivity index is 3.76. The van der Waals surface area contributed by atoms with E-state index in [1.54, 1.807) is 6.92 Å². The van der Waals surface area contributed by atoms with Gasteiger partial charge in [-0.25, -0.2) is 0 Å². The fourth-order valence-corrected chi connectivity index (χ4v) is 0.784. The van der Waals surface area contributed by atoms with Crippen molar-refractivity contribution in [1.29, 1.82) is 5.26 Å². The molecule has 2 heteroatoms. The number of aliphatic hydroxyl groups is 1. The largest absolute Gasteiger partial charge is 0.393 e. The third-order valence-electron chi connectivity index (χ3n) is 1.11. The monoisotopic (exact) mass is 127 g/mol. The predicted molar refractivity (Wildman–Crippen MR) is 35.7 cm³/mol. The summed E-state index contributed by atoms with van der Waals surface area (Å²) < 4.78 is 0. The van der Waals surface area contributed by atoms with Gasteiger partial charge in [-0.3, -0.25) is 0 Å². The van der Waals surface area contributed by atoms with E-state index in [0.717, 1.165) is 0 Å². The second-order valence-electron chi connectivity index (χ2n) is 3.05. The van der Waals surface area contributed by atoms with Crippen LogP contribution in [-0.4, -0.2) is 11.2 Å². The molecule has 0 fully saturated rings. The van der Waals surface area contributed by atoms with Gasteiger partial charge in [-0.15, -0.1) is 0 Å².